The second kappa shape index (κ2) is 13.7. The fraction of sp³-hybridized carbons (Fsp3) is 0.600. The van der Waals surface area contributed by atoms with E-state index in [1.54, 1.807) is 21.2 Å². The Balaban J connectivity index is 0.00000392. The zero-order chi connectivity index (χ0) is 19.5. The molecule has 1 aromatic carbocycles. The van der Waals surface area contributed by atoms with Crippen LogP contribution in [-0.4, -0.2) is 76.8 Å². The van der Waals surface area contributed by atoms with E-state index in [2.05, 4.69) is 25.8 Å². The predicted octanol–water partition coefficient (Wildman–Crippen LogP) is 1.48. The number of benzene rings is 1. The van der Waals surface area contributed by atoms with Gasteiger partial charge in [-0.3, -0.25) is 9.79 Å². The zero-order valence-corrected chi connectivity index (χ0v) is 19.5. The molecule has 1 aliphatic heterocycles. The van der Waals surface area contributed by atoms with E-state index < -0.39 is 0 Å². The summed E-state index contributed by atoms with van der Waals surface area (Å²) in [5, 5.41) is 9.56. The molecule has 3 N–H and O–H groups in total. The first-order chi connectivity index (χ1) is 13.2. The smallest absolute Gasteiger partial charge is 0.251 e. The number of rotatable bonds is 8. The van der Waals surface area contributed by atoms with E-state index in [-0.39, 0.29) is 29.9 Å². The molecule has 7 nitrogen and oxygen atoms in total. The Kier molecular flexibility index (Phi) is 12.1. The number of piperidine rings is 1. The van der Waals surface area contributed by atoms with E-state index in [1.807, 2.05) is 24.3 Å². The molecule has 1 aliphatic rings. The van der Waals surface area contributed by atoms with Crippen LogP contribution < -0.4 is 16.0 Å². The van der Waals surface area contributed by atoms with Gasteiger partial charge < -0.3 is 25.6 Å². The summed E-state index contributed by atoms with van der Waals surface area (Å²) in [5.41, 5.74) is 1.82. The number of halogens is 1. The van der Waals surface area contributed by atoms with Gasteiger partial charge in [0.15, 0.2) is 5.96 Å². The lowest BCUT2D eigenvalue weighted by atomic mass is 10.1. The highest BCUT2D eigenvalue weighted by Gasteiger charge is 2.19. The summed E-state index contributed by atoms with van der Waals surface area (Å²) in [6.45, 7) is 4.74. The van der Waals surface area contributed by atoms with Crippen molar-refractivity contribution in [1.29, 1.82) is 0 Å². The van der Waals surface area contributed by atoms with E-state index in [0.717, 1.165) is 63.6 Å². The summed E-state index contributed by atoms with van der Waals surface area (Å²) < 4.78 is 5.15. The third-order valence-corrected chi connectivity index (χ3v) is 4.89. The van der Waals surface area contributed by atoms with E-state index >= 15 is 0 Å². The van der Waals surface area contributed by atoms with E-state index in [9.17, 15) is 4.79 Å². The number of aliphatic imine (C=N–C) groups is 1. The number of likely N-dealkylation sites (tertiary alicyclic amines) is 1. The Labute approximate surface area is 185 Å². The predicted molar refractivity (Wildman–Crippen MR) is 125 cm³/mol. The summed E-state index contributed by atoms with van der Waals surface area (Å²) >= 11 is 0. The molecule has 1 aromatic rings. The SMILES string of the molecule is CN=C(NCCc1cccc(C(=O)NC)c1)NC1CCN(CCOC)CC1.I. The molecule has 8 heteroatoms. The van der Waals surface area contributed by atoms with E-state index in [4.69, 9.17) is 4.74 Å². The van der Waals surface area contributed by atoms with Gasteiger partial charge in [-0.15, -0.1) is 24.0 Å². The number of methoxy groups -OCH3 is 1. The van der Waals surface area contributed by atoms with Gasteiger partial charge in [0, 0.05) is 59.0 Å². The summed E-state index contributed by atoms with van der Waals surface area (Å²) in [4.78, 5) is 18.5. The number of hydrogen-bond donors (Lipinski definition) is 3. The van der Waals surface area contributed by atoms with Gasteiger partial charge in [0.2, 0.25) is 0 Å². The van der Waals surface area contributed by atoms with Crippen LogP contribution in [0.1, 0.15) is 28.8 Å². The fourth-order valence-corrected chi connectivity index (χ4v) is 3.25. The Bertz CT molecular complexity index is 618. The van der Waals surface area contributed by atoms with Crippen molar-refractivity contribution in [3.05, 3.63) is 35.4 Å². The molecule has 1 saturated heterocycles. The molecule has 0 aliphatic carbocycles. The molecule has 1 fully saturated rings. The van der Waals surface area contributed by atoms with Gasteiger partial charge >= 0.3 is 0 Å². The first-order valence-electron chi connectivity index (χ1n) is 9.65. The lowest BCUT2D eigenvalue weighted by Crippen LogP contribution is -2.49. The second-order valence-corrected chi connectivity index (χ2v) is 6.78. The molecule has 1 amide bonds. The van der Waals surface area contributed by atoms with Crippen molar-refractivity contribution < 1.29 is 9.53 Å². The first kappa shape index (κ1) is 24.6. The Morgan fingerprint density at radius 3 is 2.71 bits per heavy atom. The summed E-state index contributed by atoms with van der Waals surface area (Å²) in [5.74, 6) is 0.784. The quantitative estimate of drug-likeness (QED) is 0.285. The van der Waals surface area contributed by atoms with Crippen molar-refractivity contribution in [2.45, 2.75) is 25.3 Å². The van der Waals surface area contributed by atoms with Crippen LogP contribution in [0, 0.1) is 0 Å². The molecule has 158 valence electrons. The molecule has 28 heavy (non-hydrogen) atoms. The number of amides is 1. The number of nitrogens with zero attached hydrogens (tertiary/aromatic N) is 2. The minimum absolute atomic E-state index is 0. The highest BCUT2D eigenvalue weighted by Crippen LogP contribution is 2.10. The minimum Gasteiger partial charge on any atom is -0.383 e. The van der Waals surface area contributed by atoms with Crippen LogP contribution in [0.2, 0.25) is 0 Å². The molecule has 0 bridgehead atoms. The van der Waals surface area contributed by atoms with Gasteiger partial charge in [0.1, 0.15) is 0 Å². The van der Waals surface area contributed by atoms with Gasteiger partial charge in [0.05, 0.1) is 6.61 Å². The largest absolute Gasteiger partial charge is 0.383 e. The van der Waals surface area contributed by atoms with Crippen LogP contribution in [0.4, 0.5) is 0 Å². The van der Waals surface area contributed by atoms with Gasteiger partial charge in [-0.1, -0.05) is 12.1 Å². The second-order valence-electron chi connectivity index (χ2n) is 6.78. The number of ether oxygens (including phenoxy) is 1. The Morgan fingerprint density at radius 1 is 1.32 bits per heavy atom. The van der Waals surface area contributed by atoms with Crippen LogP contribution in [0.25, 0.3) is 0 Å². The monoisotopic (exact) mass is 503 g/mol. The molecular weight excluding hydrogens is 469 g/mol. The maximum Gasteiger partial charge on any atom is 0.251 e. The highest BCUT2D eigenvalue weighted by molar-refractivity contribution is 14.0. The minimum atomic E-state index is -0.0564. The maximum atomic E-state index is 11.7. The zero-order valence-electron chi connectivity index (χ0n) is 17.2. The molecule has 0 aromatic heterocycles. The van der Waals surface area contributed by atoms with Gasteiger partial charge in [-0.2, -0.15) is 0 Å². The van der Waals surface area contributed by atoms with Crippen molar-refractivity contribution in [2.24, 2.45) is 4.99 Å². The van der Waals surface area contributed by atoms with Crippen LogP contribution in [0.15, 0.2) is 29.3 Å². The van der Waals surface area contributed by atoms with E-state index in [1.165, 1.54) is 0 Å². The summed E-state index contributed by atoms with van der Waals surface area (Å²) in [7, 11) is 5.20. The lowest BCUT2D eigenvalue weighted by molar-refractivity contribution is 0.0963. The lowest BCUT2D eigenvalue weighted by Gasteiger charge is -2.32. The van der Waals surface area contributed by atoms with Crippen LogP contribution in [-0.2, 0) is 11.2 Å². The molecular formula is C20H34IN5O2. The third kappa shape index (κ3) is 8.32. The molecule has 2 rings (SSSR count). The number of guanidine groups is 1. The van der Waals surface area contributed by atoms with Crippen LogP contribution >= 0.6 is 24.0 Å². The average molecular weight is 503 g/mol. The number of nitrogens with one attached hydrogen (secondary N) is 3. The number of carbonyl (C=O) groups excluding carboxylic acids is 1. The standard InChI is InChI=1S/C20H33N5O2.HI/c1-21-19(26)17-6-4-5-16(15-17)7-10-23-20(22-2)24-18-8-11-25(12-9-18)13-14-27-3;/h4-6,15,18H,7-14H2,1-3H3,(H,21,26)(H2,22,23,24);1H. The average Bonchev–Trinajstić information content (AvgIpc) is 2.72. The van der Waals surface area contributed by atoms with E-state index in [0.29, 0.717) is 11.6 Å². The number of hydrogen-bond acceptors (Lipinski definition) is 4. The topological polar surface area (TPSA) is 78.0 Å². The normalized spacial score (nSPS) is 15.6. The summed E-state index contributed by atoms with van der Waals surface area (Å²) in [6.07, 6.45) is 3.05. The van der Waals surface area contributed by atoms with Crippen molar-refractivity contribution in [2.75, 3.05) is 54.0 Å². The molecule has 1 heterocycles. The van der Waals surface area contributed by atoms with Crippen molar-refractivity contribution in [1.82, 2.24) is 20.9 Å². The molecule has 0 radical (unpaired) electrons. The van der Waals surface area contributed by atoms with Crippen molar-refractivity contribution in [3.8, 4) is 0 Å². The van der Waals surface area contributed by atoms with Gasteiger partial charge in [0.25, 0.3) is 5.91 Å². The molecule has 0 spiro atoms. The Hall–Kier alpha value is -1.39. The van der Waals surface area contributed by atoms with Crippen LogP contribution in [0.5, 0.6) is 0 Å². The molecule has 0 unspecified atom stereocenters. The van der Waals surface area contributed by atoms with Crippen molar-refractivity contribution in [3.63, 3.8) is 0 Å². The number of carbonyl (C=O) groups is 1. The summed E-state index contributed by atoms with van der Waals surface area (Å²) in [6, 6.07) is 8.18. The van der Waals surface area contributed by atoms with Gasteiger partial charge in [-0.05, 0) is 37.0 Å². The van der Waals surface area contributed by atoms with Gasteiger partial charge in [-0.25, -0.2) is 0 Å². The first-order valence-corrected chi connectivity index (χ1v) is 9.65. The maximum absolute atomic E-state index is 11.7. The fourth-order valence-electron chi connectivity index (χ4n) is 3.25. The van der Waals surface area contributed by atoms with Crippen molar-refractivity contribution >= 4 is 35.8 Å². The third-order valence-electron chi connectivity index (χ3n) is 4.89. The Morgan fingerprint density at radius 2 is 2.07 bits per heavy atom. The highest BCUT2D eigenvalue weighted by atomic mass is 127. The molecule has 0 saturated carbocycles. The molecule has 0 atom stereocenters. The van der Waals surface area contributed by atoms with Crippen LogP contribution in [0.3, 0.4) is 0 Å².